The standard InChI is InChI=1S/C27H33N3O4/c1-4-14-34-22-7-5-6-21(18-22)28-25-24(23-9-8-19(2)17-20(23)3)26(31)30(27(25)32)11-10-29-12-15-33-16-13-29/h5-9,17-18,28H,4,10-16H2,1-3H3. The molecular formula is C27H33N3O4. The molecule has 0 bridgehead atoms. The van der Waals surface area contributed by atoms with Crippen LogP contribution in [0.4, 0.5) is 5.69 Å². The van der Waals surface area contributed by atoms with Gasteiger partial charge in [-0.25, -0.2) is 0 Å². The SMILES string of the molecule is CCCOc1cccc(NC2=C(c3ccc(C)cc3C)C(=O)N(CCN3CCOCC3)C2=O)c1. The van der Waals surface area contributed by atoms with Crippen molar-refractivity contribution < 1.29 is 19.1 Å². The summed E-state index contributed by atoms with van der Waals surface area (Å²) in [7, 11) is 0. The van der Waals surface area contributed by atoms with Crippen molar-refractivity contribution in [3.63, 3.8) is 0 Å². The highest BCUT2D eigenvalue weighted by Crippen LogP contribution is 2.33. The lowest BCUT2D eigenvalue weighted by Gasteiger charge is -2.28. The van der Waals surface area contributed by atoms with E-state index in [4.69, 9.17) is 9.47 Å². The fourth-order valence-corrected chi connectivity index (χ4v) is 4.33. The second-order valence-electron chi connectivity index (χ2n) is 8.79. The molecule has 0 aromatic heterocycles. The summed E-state index contributed by atoms with van der Waals surface area (Å²) in [5, 5.41) is 3.25. The Balaban J connectivity index is 1.64. The van der Waals surface area contributed by atoms with Crippen LogP contribution in [-0.4, -0.2) is 67.6 Å². The molecule has 1 saturated heterocycles. The first kappa shape index (κ1) is 24.0. The van der Waals surface area contributed by atoms with Gasteiger partial charge in [0.05, 0.1) is 25.4 Å². The number of anilines is 1. The van der Waals surface area contributed by atoms with Gasteiger partial charge in [0.15, 0.2) is 0 Å². The van der Waals surface area contributed by atoms with Crippen molar-refractivity contribution in [1.82, 2.24) is 9.80 Å². The van der Waals surface area contributed by atoms with E-state index < -0.39 is 0 Å². The number of benzene rings is 2. The van der Waals surface area contributed by atoms with Crippen LogP contribution >= 0.6 is 0 Å². The van der Waals surface area contributed by atoms with E-state index in [-0.39, 0.29) is 11.8 Å². The zero-order valence-corrected chi connectivity index (χ0v) is 20.2. The normalized spacial score (nSPS) is 17.0. The molecular weight excluding hydrogens is 430 g/mol. The van der Waals surface area contributed by atoms with Crippen molar-refractivity contribution in [3.8, 4) is 5.75 Å². The van der Waals surface area contributed by atoms with Crippen LogP contribution in [0, 0.1) is 13.8 Å². The lowest BCUT2D eigenvalue weighted by molar-refractivity contribution is -0.137. The topological polar surface area (TPSA) is 71.1 Å². The maximum absolute atomic E-state index is 13.6. The van der Waals surface area contributed by atoms with E-state index >= 15 is 0 Å². The number of imide groups is 1. The minimum absolute atomic E-state index is 0.258. The lowest BCUT2D eigenvalue weighted by Crippen LogP contribution is -2.43. The number of hydrogen-bond acceptors (Lipinski definition) is 6. The first-order valence-corrected chi connectivity index (χ1v) is 12.0. The second-order valence-corrected chi connectivity index (χ2v) is 8.79. The highest BCUT2D eigenvalue weighted by atomic mass is 16.5. The molecule has 180 valence electrons. The molecule has 7 nitrogen and oxygen atoms in total. The summed E-state index contributed by atoms with van der Waals surface area (Å²) in [5.41, 5.74) is 4.29. The smallest absolute Gasteiger partial charge is 0.278 e. The van der Waals surface area contributed by atoms with E-state index in [0.29, 0.717) is 49.9 Å². The molecule has 0 aliphatic carbocycles. The number of nitrogens with one attached hydrogen (secondary N) is 1. The van der Waals surface area contributed by atoms with Crippen molar-refractivity contribution >= 4 is 23.1 Å². The molecule has 0 unspecified atom stereocenters. The molecule has 2 amide bonds. The molecule has 0 saturated carbocycles. The van der Waals surface area contributed by atoms with Crippen molar-refractivity contribution in [3.05, 3.63) is 64.9 Å². The Morgan fingerprint density at radius 1 is 1.00 bits per heavy atom. The Morgan fingerprint density at radius 2 is 1.79 bits per heavy atom. The summed E-state index contributed by atoms with van der Waals surface area (Å²) in [6, 6.07) is 13.4. The lowest BCUT2D eigenvalue weighted by atomic mass is 9.97. The largest absolute Gasteiger partial charge is 0.494 e. The number of morpholine rings is 1. The number of carbonyl (C=O) groups is 2. The Morgan fingerprint density at radius 3 is 2.53 bits per heavy atom. The Hall–Kier alpha value is -3.16. The predicted molar refractivity (Wildman–Crippen MR) is 133 cm³/mol. The molecule has 34 heavy (non-hydrogen) atoms. The average Bonchev–Trinajstić information content (AvgIpc) is 3.06. The number of rotatable bonds is 9. The summed E-state index contributed by atoms with van der Waals surface area (Å²) in [6.45, 7) is 10.6. The predicted octanol–water partition coefficient (Wildman–Crippen LogP) is 3.62. The summed E-state index contributed by atoms with van der Waals surface area (Å²) in [5.74, 6) is 0.167. The highest BCUT2D eigenvalue weighted by Gasteiger charge is 2.39. The van der Waals surface area contributed by atoms with E-state index in [0.717, 1.165) is 42.0 Å². The van der Waals surface area contributed by atoms with E-state index in [2.05, 4.69) is 17.1 Å². The fraction of sp³-hybridized carbons (Fsp3) is 0.407. The highest BCUT2D eigenvalue weighted by molar-refractivity contribution is 6.36. The van der Waals surface area contributed by atoms with Crippen LogP contribution in [0.25, 0.3) is 5.57 Å². The number of nitrogens with zero attached hydrogens (tertiary/aromatic N) is 2. The van der Waals surface area contributed by atoms with Crippen LogP contribution in [0.15, 0.2) is 48.2 Å². The van der Waals surface area contributed by atoms with Crippen molar-refractivity contribution in [2.24, 2.45) is 0 Å². The average molecular weight is 464 g/mol. The van der Waals surface area contributed by atoms with Gasteiger partial charge in [-0.1, -0.05) is 36.8 Å². The van der Waals surface area contributed by atoms with Gasteiger partial charge in [0.25, 0.3) is 11.8 Å². The van der Waals surface area contributed by atoms with E-state index in [1.807, 2.05) is 56.3 Å². The molecule has 4 rings (SSSR count). The molecule has 0 spiro atoms. The Labute approximate surface area is 201 Å². The number of carbonyl (C=O) groups excluding carboxylic acids is 2. The van der Waals surface area contributed by atoms with Gasteiger partial charge in [-0.05, 0) is 43.5 Å². The minimum Gasteiger partial charge on any atom is -0.494 e. The first-order chi connectivity index (χ1) is 16.5. The van der Waals surface area contributed by atoms with Gasteiger partial charge < -0.3 is 14.8 Å². The first-order valence-electron chi connectivity index (χ1n) is 12.0. The van der Waals surface area contributed by atoms with E-state index in [1.165, 1.54) is 4.90 Å². The molecule has 2 heterocycles. The molecule has 1 N–H and O–H groups in total. The molecule has 0 radical (unpaired) electrons. The van der Waals surface area contributed by atoms with Gasteiger partial charge in [0.2, 0.25) is 0 Å². The summed E-state index contributed by atoms with van der Waals surface area (Å²) < 4.78 is 11.2. The molecule has 1 fully saturated rings. The molecule has 2 aromatic rings. The molecule has 2 aromatic carbocycles. The quantitative estimate of drug-likeness (QED) is 0.573. The number of aryl methyl sites for hydroxylation is 2. The number of amides is 2. The van der Waals surface area contributed by atoms with Crippen LogP contribution in [0.2, 0.25) is 0 Å². The molecule has 2 aliphatic rings. The summed E-state index contributed by atoms with van der Waals surface area (Å²) in [6.07, 6.45) is 0.907. The van der Waals surface area contributed by atoms with Crippen LogP contribution < -0.4 is 10.1 Å². The Bertz CT molecular complexity index is 1090. The van der Waals surface area contributed by atoms with Crippen LogP contribution in [0.5, 0.6) is 5.75 Å². The van der Waals surface area contributed by atoms with Crippen LogP contribution in [0.3, 0.4) is 0 Å². The monoisotopic (exact) mass is 463 g/mol. The third kappa shape index (κ3) is 5.32. The summed E-state index contributed by atoms with van der Waals surface area (Å²) >= 11 is 0. The molecule has 2 aliphatic heterocycles. The maximum Gasteiger partial charge on any atom is 0.278 e. The third-order valence-electron chi connectivity index (χ3n) is 6.14. The van der Waals surface area contributed by atoms with E-state index in [9.17, 15) is 9.59 Å². The maximum atomic E-state index is 13.6. The second kappa shape index (κ2) is 10.8. The third-order valence-corrected chi connectivity index (χ3v) is 6.14. The van der Waals surface area contributed by atoms with Gasteiger partial charge in [0, 0.05) is 37.9 Å². The number of hydrogen-bond donors (Lipinski definition) is 1. The van der Waals surface area contributed by atoms with Gasteiger partial charge >= 0.3 is 0 Å². The van der Waals surface area contributed by atoms with Gasteiger partial charge in [0.1, 0.15) is 11.4 Å². The zero-order chi connectivity index (χ0) is 24.1. The fourth-order valence-electron chi connectivity index (χ4n) is 4.33. The minimum atomic E-state index is -0.298. The zero-order valence-electron chi connectivity index (χ0n) is 20.2. The van der Waals surface area contributed by atoms with Crippen molar-refractivity contribution in [2.45, 2.75) is 27.2 Å². The van der Waals surface area contributed by atoms with Crippen molar-refractivity contribution in [1.29, 1.82) is 0 Å². The van der Waals surface area contributed by atoms with Gasteiger partial charge in [-0.15, -0.1) is 0 Å². The molecule has 7 heteroatoms. The van der Waals surface area contributed by atoms with Crippen LogP contribution in [0.1, 0.15) is 30.0 Å². The Kier molecular flexibility index (Phi) is 7.65. The molecule has 0 atom stereocenters. The summed E-state index contributed by atoms with van der Waals surface area (Å²) in [4.78, 5) is 30.7. The van der Waals surface area contributed by atoms with Crippen molar-refractivity contribution in [2.75, 3.05) is 51.3 Å². The van der Waals surface area contributed by atoms with Gasteiger partial charge in [-0.2, -0.15) is 0 Å². The number of ether oxygens (including phenoxy) is 2. The van der Waals surface area contributed by atoms with Crippen LogP contribution in [-0.2, 0) is 14.3 Å². The van der Waals surface area contributed by atoms with E-state index in [1.54, 1.807) is 0 Å². The van der Waals surface area contributed by atoms with Gasteiger partial charge in [-0.3, -0.25) is 19.4 Å².